The van der Waals surface area contributed by atoms with Crippen molar-refractivity contribution < 1.29 is 23.6 Å². The first-order chi connectivity index (χ1) is 16.8. The molecule has 8 nitrogen and oxygen atoms in total. The van der Waals surface area contributed by atoms with Crippen LogP contribution in [0.3, 0.4) is 0 Å². The Bertz CT molecular complexity index is 1010. The lowest BCUT2D eigenvalue weighted by molar-refractivity contribution is -0.140. The van der Waals surface area contributed by atoms with E-state index in [1.54, 1.807) is 48.7 Å². The second kappa shape index (κ2) is 12.7. The van der Waals surface area contributed by atoms with Gasteiger partial charge in [-0.3, -0.25) is 24.2 Å². The van der Waals surface area contributed by atoms with Gasteiger partial charge in [-0.25, -0.2) is 4.39 Å². The Morgan fingerprint density at radius 3 is 2.31 bits per heavy atom. The summed E-state index contributed by atoms with van der Waals surface area (Å²) in [5.41, 5.74) is 1.36. The van der Waals surface area contributed by atoms with Crippen molar-refractivity contribution in [2.45, 2.75) is 63.8 Å². The molecule has 3 amide bonds. The molecule has 2 aromatic rings. The third-order valence-electron chi connectivity index (χ3n) is 6.08. The van der Waals surface area contributed by atoms with Crippen LogP contribution >= 0.6 is 0 Å². The van der Waals surface area contributed by atoms with Crippen molar-refractivity contribution in [1.29, 1.82) is 0 Å². The molecule has 3 rings (SSSR count). The van der Waals surface area contributed by atoms with Crippen LogP contribution in [-0.4, -0.2) is 46.7 Å². The van der Waals surface area contributed by atoms with Gasteiger partial charge in [0.1, 0.15) is 18.3 Å². The summed E-state index contributed by atoms with van der Waals surface area (Å²) in [6, 6.07) is 12.2. The number of benzene rings is 1. The molecule has 35 heavy (non-hydrogen) atoms. The highest BCUT2D eigenvalue weighted by Crippen LogP contribution is 2.26. The molecular weight excluding hydrogens is 451 g/mol. The van der Waals surface area contributed by atoms with E-state index < -0.39 is 35.9 Å². The Balaban J connectivity index is 1.62. The third kappa shape index (κ3) is 7.98. The topological polar surface area (TPSA) is 117 Å². The summed E-state index contributed by atoms with van der Waals surface area (Å²) < 4.78 is 13.4. The zero-order valence-corrected chi connectivity index (χ0v) is 19.7. The van der Waals surface area contributed by atoms with Crippen molar-refractivity contribution in [2.24, 2.45) is 5.92 Å². The van der Waals surface area contributed by atoms with Crippen molar-refractivity contribution >= 4 is 23.5 Å². The number of hydrogen-bond donors (Lipinski definition) is 3. The van der Waals surface area contributed by atoms with E-state index in [1.807, 2.05) is 6.07 Å². The number of nitrogens with one attached hydrogen (secondary N) is 3. The normalized spacial score (nSPS) is 19.1. The Hall–Kier alpha value is -3.62. The number of halogens is 1. The van der Waals surface area contributed by atoms with Gasteiger partial charge in [0.2, 0.25) is 17.6 Å². The third-order valence-corrected chi connectivity index (χ3v) is 6.08. The summed E-state index contributed by atoms with van der Waals surface area (Å²) in [4.78, 5) is 55.0. The summed E-state index contributed by atoms with van der Waals surface area (Å²) in [6.45, 7) is 1.59. The summed E-state index contributed by atoms with van der Waals surface area (Å²) >= 11 is 0. The molecular formula is C26H31FN4O4. The van der Waals surface area contributed by atoms with E-state index in [9.17, 15) is 23.6 Å². The van der Waals surface area contributed by atoms with Crippen LogP contribution in [0.4, 0.5) is 4.39 Å². The molecule has 1 fully saturated rings. The fourth-order valence-electron chi connectivity index (χ4n) is 3.99. The van der Waals surface area contributed by atoms with Crippen molar-refractivity contribution in [3.63, 3.8) is 0 Å². The van der Waals surface area contributed by atoms with E-state index in [1.165, 1.54) is 6.92 Å². The Morgan fingerprint density at radius 2 is 1.66 bits per heavy atom. The molecule has 0 bridgehead atoms. The van der Waals surface area contributed by atoms with Gasteiger partial charge in [0.05, 0.1) is 12.2 Å². The maximum atomic E-state index is 13.4. The highest BCUT2D eigenvalue weighted by molar-refractivity contribution is 6.38. The van der Waals surface area contributed by atoms with Crippen molar-refractivity contribution in [1.82, 2.24) is 20.9 Å². The van der Waals surface area contributed by atoms with E-state index in [2.05, 4.69) is 20.9 Å². The zero-order valence-electron chi connectivity index (χ0n) is 19.7. The summed E-state index contributed by atoms with van der Waals surface area (Å²) in [7, 11) is 0. The molecule has 0 radical (unpaired) electrons. The molecule has 1 saturated carbocycles. The van der Waals surface area contributed by atoms with E-state index in [4.69, 9.17) is 0 Å². The number of Topliss-reactive ketones (excluding diaryl/α,β-unsaturated/α-hetero) is 1. The van der Waals surface area contributed by atoms with Crippen LogP contribution in [0.1, 0.15) is 43.9 Å². The van der Waals surface area contributed by atoms with Gasteiger partial charge < -0.3 is 16.0 Å². The number of carbonyl (C=O) groups is 4. The second-order valence-electron chi connectivity index (χ2n) is 8.80. The van der Waals surface area contributed by atoms with Gasteiger partial charge in [0.15, 0.2) is 0 Å². The fourth-order valence-corrected chi connectivity index (χ4v) is 3.99. The standard InChI is InChI=1S/C26H31FN4O4/c1-17(30-25(34)19-10-12-20(27)13-11-19)24(33)31-22(15-18-7-3-2-4-8-18)23(32)26(35)29-16-21-9-5-6-14-28-21/h2-9,14,17,19-20,22H,10-13,15-16H2,1H3,(H,29,35)(H,30,34)(H,31,33)/t17-,19?,20?,22-/m1/s1. The molecule has 0 spiro atoms. The van der Waals surface area contributed by atoms with Crippen molar-refractivity contribution in [3.05, 3.63) is 66.0 Å². The number of pyridine rings is 1. The molecule has 186 valence electrons. The van der Waals surface area contributed by atoms with Gasteiger partial charge in [0.25, 0.3) is 5.91 Å². The fraction of sp³-hybridized carbons (Fsp3) is 0.423. The van der Waals surface area contributed by atoms with Crippen molar-refractivity contribution in [3.8, 4) is 0 Å². The van der Waals surface area contributed by atoms with E-state index in [0.717, 1.165) is 5.56 Å². The number of amides is 3. The average molecular weight is 483 g/mol. The average Bonchev–Trinajstić information content (AvgIpc) is 2.88. The number of nitrogens with zero attached hydrogens (tertiary/aromatic N) is 1. The highest BCUT2D eigenvalue weighted by atomic mass is 19.1. The minimum atomic E-state index is -1.12. The molecule has 0 saturated heterocycles. The number of alkyl halides is 1. The molecule has 1 aliphatic rings. The Kier molecular flexibility index (Phi) is 9.46. The number of carbonyl (C=O) groups excluding carboxylic acids is 4. The molecule has 2 atom stereocenters. The Labute approximate surface area is 204 Å². The van der Waals surface area contributed by atoms with Gasteiger partial charge in [0, 0.05) is 18.5 Å². The van der Waals surface area contributed by atoms with Crippen LogP contribution in [0, 0.1) is 5.92 Å². The molecule has 1 aliphatic carbocycles. The molecule has 0 unspecified atom stereocenters. The van der Waals surface area contributed by atoms with E-state index in [-0.39, 0.29) is 24.8 Å². The smallest absolute Gasteiger partial charge is 0.289 e. The second-order valence-corrected chi connectivity index (χ2v) is 8.80. The lowest BCUT2D eigenvalue weighted by atomic mass is 9.87. The first-order valence-corrected chi connectivity index (χ1v) is 11.8. The molecule has 3 N–H and O–H groups in total. The number of rotatable bonds is 10. The Morgan fingerprint density at radius 1 is 0.971 bits per heavy atom. The SMILES string of the molecule is C[C@@H](NC(=O)C1CCC(F)CC1)C(=O)N[C@H](Cc1ccccc1)C(=O)C(=O)NCc1ccccn1. The van der Waals surface area contributed by atoms with Crippen LogP contribution in [0.2, 0.25) is 0 Å². The quantitative estimate of drug-likeness (QED) is 0.448. The van der Waals surface area contributed by atoms with E-state index >= 15 is 0 Å². The minimum absolute atomic E-state index is 0.0744. The van der Waals surface area contributed by atoms with Crippen LogP contribution in [0.25, 0.3) is 0 Å². The maximum Gasteiger partial charge on any atom is 0.289 e. The maximum absolute atomic E-state index is 13.4. The van der Waals surface area contributed by atoms with Gasteiger partial charge in [-0.05, 0) is 50.3 Å². The molecule has 1 aromatic carbocycles. The summed E-state index contributed by atoms with van der Waals surface area (Å²) in [5.74, 6) is -2.85. The molecule has 0 aliphatic heterocycles. The summed E-state index contributed by atoms with van der Waals surface area (Å²) in [6.07, 6.45) is 2.36. The first kappa shape index (κ1) is 26.0. The first-order valence-electron chi connectivity index (χ1n) is 11.8. The number of ketones is 1. The number of aromatic nitrogens is 1. The zero-order chi connectivity index (χ0) is 25.2. The van der Waals surface area contributed by atoms with Gasteiger partial charge in [-0.2, -0.15) is 0 Å². The molecule has 1 aromatic heterocycles. The van der Waals surface area contributed by atoms with E-state index in [0.29, 0.717) is 31.4 Å². The predicted octanol–water partition coefficient (Wildman–Crippen LogP) is 2.03. The lowest BCUT2D eigenvalue weighted by Gasteiger charge is -2.25. The largest absolute Gasteiger partial charge is 0.344 e. The van der Waals surface area contributed by atoms with Crippen LogP contribution in [0.5, 0.6) is 0 Å². The highest BCUT2D eigenvalue weighted by Gasteiger charge is 2.31. The predicted molar refractivity (Wildman–Crippen MR) is 128 cm³/mol. The van der Waals surface area contributed by atoms with Gasteiger partial charge >= 0.3 is 0 Å². The molecule has 1 heterocycles. The van der Waals surface area contributed by atoms with Gasteiger partial charge in [-0.1, -0.05) is 36.4 Å². The van der Waals surface area contributed by atoms with Gasteiger partial charge in [-0.15, -0.1) is 0 Å². The van der Waals surface area contributed by atoms with Crippen LogP contribution in [0.15, 0.2) is 54.7 Å². The minimum Gasteiger partial charge on any atom is -0.344 e. The molecule has 9 heteroatoms. The van der Waals surface area contributed by atoms with Crippen molar-refractivity contribution in [2.75, 3.05) is 0 Å². The van der Waals surface area contributed by atoms with Crippen LogP contribution < -0.4 is 16.0 Å². The number of hydrogen-bond acceptors (Lipinski definition) is 5. The monoisotopic (exact) mass is 482 g/mol. The van der Waals surface area contributed by atoms with Crippen LogP contribution in [-0.2, 0) is 32.1 Å². The summed E-state index contributed by atoms with van der Waals surface area (Å²) in [5, 5.41) is 7.82. The lowest BCUT2D eigenvalue weighted by Crippen LogP contribution is -2.54.